The van der Waals surface area contributed by atoms with Gasteiger partial charge >= 0.3 is 0 Å². The van der Waals surface area contributed by atoms with Gasteiger partial charge in [-0.3, -0.25) is 0 Å². The molecule has 1 aliphatic rings. The number of benzene rings is 1. The minimum atomic E-state index is 0.294. The van der Waals surface area contributed by atoms with Crippen molar-refractivity contribution < 1.29 is 0 Å². The second kappa shape index (κ2) is 3.36. The number of hydrogen-bond donors (Lipinski definition) is 1. The number of rotatable bonds is 2. The maximum atomic E-state index is 8.84. The molecule has 1 aromatic rings. The molecule has 0 spiro atoms. The molecule has 0 aliphatic heterocycles. The van der Waals surface area contributed by atoms with E-state index in [0.717, 1.165) is 12.1 Å². The monoisotopic (exact) mass is 200 g/mol. The molecule has 0 heterocycles. The zero-order chi connectivity index (χ0) is 11.1. The van der Waals surface area contributed by atoms with Crippen LogP contribution in [0.1, 0.15) is 30.9 Å². The van der Waals surface area contributed by atoms with E-state index in [9.17, 15) is 0 Å². The molecule has 78 valence electrons. The van der Waals surface area contributed by atoms with Crippen molar-refractivity contribution >= 4 is 0 Å². The van der Waals surface area contributed by atoms with Gasteiger partial charge in [-0.1, -0.05) is 26.0 Å². The second-order valence-electron chi connectivity index (χ2n) is 4.88. The van der Waals surface area contributed by atoms with Gasteiger partial charge in [-0.15, -0.1) is 0 Å². The fraction of sp³-hybridized carbons (Fsp3) is 0.462. The van der Waals surface area contributed by atoms with Crippen LogP contribution in [0.4, 0.5) is 0 Å². The number of nitriles is 1. The summed E-state index contributed by atoms with van der Waals surface area (Å²) in [5.74, 6) is 1.09. The fourth-order valence-corrected chi connectivity index (χ4v) is 2.65. The predicted octanol–water partition coefficient (Wildman–Crippen LogP) is 2.26. The molecule has 2 N–H and O–H groups in total. The summed E-state index contributed by atoms with van der Waals surface area (Å²) in [6.07, 6.45) is 0. The van der Waals surface area contributed by atoms with Gasteiger partial charge in [0.05, 0.1) is 11.6 Å². The molecule has 0 radical (unpaired) electrons. The average Bonchev–Trinajstić information content (AvgIpc) is 2.80. The molecule has 15 heavy (non-hydrogen) atoms. The van der Waals surface area contributed by atoms with Crippen LogP contribution < -0.4 is 5.73 Å². The van der Waals surface area contributed by atoms with E-state index in [1.807, 2.05) is 18.2 Å². The van der Waals surface area contributed by atoms with E-state index in [0.29, 0.717) is 17.3 Å². The molecule has 0 aromatic heterocycles. The van der Waals surface area contributed by atoms with Gasteiger partial charge < -0.3 is 5.73 Å². The number of nitrogens with zero attached hydrogens (tertiary/aromatic N) is 1. The van der Waals surface area contributed by atoms with E-state index in [4.69, 9.17) is 11.0 Å². The van der Waals surface area contributed by atoms with E-state index in [-0.39, 0.29) is 0 Å². The fourth-order valence-electron chi connectivity index (χ4n) is 2.65. The van der Waals surface area contributed by atoms with Gasteiger partial charge in [0.25, 0.3) is 0 Å². The molecule has 1 fully saturated rings. The van der Waals surface area contributed by atoms with Gasteiger partial charge in [0.1, 0.15) is 0 Å². The topological polar surface area (TPSA) is 49.8 Å². The Balaban J connectivity index is 2.29. The Kier molecular flexibility index (Phi) is 2.28. The minimum Gasteiger partial charge on any atom is -0.330 e. The zero-order valence-corrected chi connectivity index (χ0v) is 9.20. The summed E-state index contributed by atoms with van der Waals surface area (Å²) in [6, 6.07) is 10.1. The molecule has 2 heteroatoms. The molecule has 2 nitrogen and oxygen atoms in total. The molecule has 0 amide bonds. The first-order valence-electron chi connectivity index (χ1n) is 5.31. The van der Waals surface area contributed by atoms with Crippen molar-refractivity contribution in [3.63, 3.8) is 0 Å². The second-order valence-corrected chi connectivity index (χ2v) is 4.88. The van der Waals surface area contributed by atoms with Crippen molar-refractivity contribution in [3.05, 3.63) is 35.4 Å². The third-order valence-electron chi connectivity index (χ3n) is 3.68. The normalized spacial score (nSPS) is 27.1. The van der Waals surface area contributed by atoms with Crippen molar-refractivity contribution in [2.75, 3.05) is 6.54 Å². The van der Waals surface area contributed by atoms with Crippen LogP contribution in [0.5, 0.6) is 0 Å². The van der Waals surface area contributed by atoms with E-state index in [1.165, 1.54) is 5.56 Å². The smallest absolute Gasteiger partial charge is 0.0991 e. The molecule has 2 atom stereocenters. The van der Waals surface area contributed by atoms with Crippen molar-refractivity contribution in [3.8, 4) is 6.07 Å². The minimum absolute atomic E-state index is 0.294. The lowest BCUT2D eigenvalue weighted by atomic mass is 10.0. The van der Waals surface area contributed by atoms with Crippen LogP contribution in [-0.4, -0.2) is 6.54 Å². The highest BCUT2D eigenvalue weighted by Crippen LogP contribution is 2.63. The summed E-state index contributed by atoms with van der Waals surface area (Å²) >= 11 is 0. The van der Waals surface area contributed by atoms with Crippen molar-refractivity contribution in [1.29, 1.82) is 5.26 Å². The van der Waals surface area contributed by atoms with Crippen LogP contribution in [0.25, 0.3) is 0 Å². The summed E-state index contributed by atoms with van der Waals surface area (Å²) < 4.78 is 0. The van der Waals surface area contributed by atoms with Crippen molar-refractivity contribution in [1.82, 2.24) is 0 Å². The maximum absolute atomic E-state index is 8.84. The molecule has 0 unspecified atom stereocenters. The third-order valence-corrected chi connectivity index (χ3v) is 3.68. The molecular weight excluding hydrogens is 184 g/mol. The van der Waals surface area contributed by atoms with Crippen molar-refractivity contribution in [2.45, 2.75) is 19.8 Å². The first-order valence-corrected chi connectivity index (χ1v) is 5.31. The molecule has 1 aromatic carbocycles. The molecule has 0 saturated heterocycles. The quantitative estimate of drug-likeness (QED) is 0.796. The summed E-state index contributed by atoms with van der Waals surface area (Å²) in [6.45, 7) is 5.22. The first-order chi connectivity index (χ1) is 7.11. The van der Waals surface area contributed by atoms with Gasteiger partial charge in [0, 0.05) is 0 Å². The van der Waals surface area contributed by atoms with E-state index in [1.54, 1.807) is 0 Å². The Morgan fingerprint density at radius 3 is 2.73 bits per heavy atom. The van der Waals surface area contributed by atoms with Gasteiger partial charge in [0.15, 0.2) is 0 Å². The van der Waals surface area contributed by atoms with E-state index < -0.39 is 0 Å². The average molecular weight is 200 g/mol. The lowest BCUT2D eigenvalue weighted by Gasteiger charge is -2.02. The zero-order valence-electron chi connectivity index (χ0n) is 9.20. The first kappa shape index (κ1) is 10.2. The highest BCUT2D eigenvalue weighted by atomic mass is 14.7. The van der Waals surface area contributed by atoms with Gasteiger partial charge in [-0.05, 0) is 41.5 Å². The van der Waals surface area contributed by atoms with Crippen LogP contribution in [-0.2, 0) is 0 Å². The number of nitrogens with two attached hydrogens (primary N) is 1. The predicted molar refractivity (Wildman–Crippen MR) is 60.2 cm³/mol. The van der Waals surface area contributed by atoms with Gasteiger partial charge in [-0.2, -0.15) is 5.26 Å². The Morgan fingerprint density at radius 2 is 2.20 bits per heavy atom. The summed E-state index contributed by atoms with van der Waals surface area (Å²) in [4.78, 5) is 0. The lowest BCUT2D eigenvalue weighted by Crippen LogP contribution is -2.05. The van der Waals surface area contributed by atoms with E-state index in [2.05, 4.69) is 26.0 Å². The molecular formula is C13H16N2. The van der Waals surface area contributed by atoms with Crippen LogP contribution in [0.2, 0.25) is 0 Å². The molecule has 0 bridgehead atoms. The Morgan fingerprint density at radius 1 is 1.47 bits per heavy atom. The Labute approximate surface area is 90.7 Å². The lowest BCUT2D eigenvalue weighted by molar-refractivity contribution is 0.558. The van der Waals surface area contributed by atoms with Crippen LogP contribution in [0, 0.1) is 22.7 Å². The van der Waals surface area contributed by atoms with Crippen LogP contribution in [0.15, 0.2) is 24.3 Å². The third kappa shape index (κ3) is 1.53. The van der Waals surface area contributed by atoms with E-state index >= 15 is 0 Å². The molecule has 2 rings (SSSR count). The largest absolute Gasteiger partial charge is 0.330 e. The van der Waals surface area contributed by atoms with Crippen LogP contribution in [0.3, 0.4) is 0 Å². The Hall–Kier alpha value is -1.33. The standard InChI is InChI=1S/C13H16N2/c1-13(2)11(8-15)12(13)10-5-3-4-9(6-10)7-14/h3-6,11-12H,8,15H2,1-2H3/t11-,12-/m0/s1. The van der Waals surface area contributed by atoms with Crippen LogP contribution >= 0.6 is 0 Å². The summed E-state index contributed by atoms with van der Waals surface area (Å²) in [5, 5.41) is 8.84. The van der Waals surface area contributed by atoms with Gasteiger partial charge in [0.2, 0.25) is 0 Å². The Bertz CT molecular complexity index is 415. The highest BCUT2D eigenvalue weighted by Gasteiger charge is 2.57. The van der Waals surface area contributed by atoms with Gasteiger partial charge in [-0.25, -0.2) is 0 Å². The summed E-state index contributed by atoms with van der Waals surface area (Å²) in [7, 11) is 0. The highest BCUT2D eigenvalue weighted by molar-refractivity contribution is 5.39. The maximum Gasteiger partial charge on any atom is 0.0991 e. The molecule has 1 aliphatic carbocycles. The molecule has 1 saturated carbocycles. The number of hydrogen-bond acceptors (Lipinski definition) is 2. The summed E-state index contributed by atoms with van der Waals surface area (Å²) in [5.41, 5.74) is 8.04. The SMILES string of the molecule is CC1(C)[C@@H](CN)[C@@H]1c1cccc(C#N)c1. The van der Waals surface area contributed by atoms with Crippen molar-refractivity contribution in [2.24, 2.45) is 17.1 Å².